The minimum Gasteiger partial charge on any atom is -0.487 e. The highest BCUT2D eigenvalue weighted by Gasteiger charge is 2.19. The van der Waals surface area contributed by atoms with E-state index in [9.17, 15) is 4.79 Å². The standard InChI is InChI=1S/C23H28N2O5/c1-4-16-5-6-19(21(26)13-16)25-18-7-8-24-20-15-23(30-12-10-28-3)22(14-17(18)20)29-11-9-27-2/h5-8,13-15,19H,4,9-12H2,1-3H3,(H,24,25). The second-order valence-corrected chi connectivity index (χ2v) is 6.81. The van der Waals surface area contributed by atoms with Crippen LogP contribution in [0.4, 0.5) is 5.69 Å². The number of carbonyl (C=O) groups is 1. The molecular weight excluding hydrogens is 384 g/mol. The fraction of sp³-hybridized carbons (Fsp3) is 0.391. The van der Waals surface area contributed by atoms with Crippen LogP contribution < -0.4 is 14.8 Å². The molecule has 3 rings (SSSR count). The molecule has 0 saturated heterocycles. The third-order valence-electron chi connectivity index (χ3n) is 4.75. The predicted octanol–water partition coefficient (Wildman–Crippen LogP) is 3.54. The first-order valence-electron chi connectivity index (χ1n) is 10.0. The largest absolute Gasteiger partial charge is 0.487 e. The number of nitrogens with one attached hydrogen (secondary N) is 1. The molecule has 160 valence electrons. The molecule has 0 bridgehead atoms. The van der Waals surface area contributed by atoms with Gasteiger partial charge in [-0.2, -0.15) is 0 Å². The monoisotopic (exact) mass is 412 g/mol. The number of hydrogen-bond acceptors (Lipinski definition) is 7. The van der Waals surface area contributed by atoms with Crippen LogP contribution in [-0.4, -0.2) is 57.5 Å². The van der Waals surface area contributed by atoms with Gasteiger partial charge in [0.1, 0.15) is 19.3 Å². The van der Waals surface area contributed by atoms with Gasteiger partial charge in [-0.15, -0.1) is 0 Å². The Morgan fingerprint density at radius 1 is 1.03 bits per heavy atom. The first kappa shape index (κ1) is 21.8. The van der Waals surface area contributed by atoms with E-state index in [-0.39, 0.29) is 5.78 Å². The molecule has 1 N–H and O–H groups in total. The van der Waals surface area contributed by atoms with Crippen molar-refractivity contribution in [2.45, 2.75) is 19.4 Å². The van der Waals surface area contributed by atoms with Gasteiger partial charge in [0.2, 0.25) is 0 Å². The highest BCUT2D eigenvalue weighted by Crippen LogP contribution is 2.35. The second-order valence-electron chi connectivity index (χ2n) is 6.81. The Morgan fingerprint density at radius 3 is 2.37 bits per heavy atom. The molecule has 0 saturated carbocycles. The fourth-order valence-corrected chi connectivity index (χ4v) is 3.12. The Morgan fingerprint density at radius 2 is 1.73 bits per heavy atom. The Labute approximate surface area is 176 Å². The topological polar surface area (TPSA) is 78.9 Å². The SMILES string of the molecule is CCC1=CC(=O)C(Nc2ccnc3cc(OCCOC)c(OCCOC)cc23)C=C1. The molecule has 1 aliphatic carbocycles. The summed E-state index contributed by atoms with van der Waals surface area (Å²) in [5.41, 5.74) is 2.57. The molecule has 0 radical (unpaired) electrons. The lowest BCUT2D eigenvalue weighted by Gasteiger charge is -2.19. The first-order valence-corrected chi connectivity index (χ1v) is 10.0. The van der Waals surface area contributed by atoms with Crippen molar-refractivity contribution in [1.82, 2.24) is 4.98 Å². The summed E-state index contributed by atoms with van der Waals surface area (Å²) in [6.45, 7) is 3.74. The number of benzene rings is 1. The number of aromatic nitrogens is 1. The average Bonchev–Trinajstić information content (AvgIpc) is 2.76. The van der Waals surface area contributed by atoms with Crippen LogP contribution in [0.15, 0.2) is 48.2 Å². The van der Waals surface area contributed by atoms with E-state index < -0.39 is 6.04 Å². The van der Waals surface area contributed by atoms with Crippen LogP contribution in [0.1, 0.15) is 13.3 Å². The fourth-order valence-electron chi connectivity index (χ4n) is 3.12. The zero-order valence-corrected chi connectivity index (χ0v) is 17.6. The van der Waals surface area contributed by atoms with Crippen molar-refractivity contribution >= 4 is 22.4 Å². The molecule has 0 spiro atoms. The molecule has 1 aliphatic rings. The van der Waals surface area contributed by atoms with Gasteiger partial charge in [-0.1, -0.05) is 19.1 Å². The van der Waals surface area contributed by atoms with E-state index in [0.717, 1.165) is 28.6 Å². The Kier molecular flexibility index (Phi) is 7.82. The number of pyridine rings is 1. The molecule has 1 unspecified atom stereocenters. The number of nitrogens with zero attached hydrogens (tertiary/aromatic N) is 1. The van der Waals surface area contributed by atoms with Crippen molar-refractivity contribution < 1.29 is 23.7 Å². The Bertz CT molecular complexity index is 939. The molecule has 30 heavy (non-hydrogen) atoms. The van der Waals surface area contributed by atoms with Crippen LogP contribution in [0, 0.1) is 0 Å². The summed E-state index contributed by atoms with van der Waals surface area (Å²) >= 11 is 0. The van der Waals surface area contributed by atoms with Crippen LogP contribution in [0.5, 0.6) is 11.5 Å². The van der Waals surface area contributed by atoms with Gasteiger partial charge in [-0.05, 0) is 30.2 Å². The summed E-state index contributed by atoms with van der Waals surface area (Å²) in [6.07, 6.45) is 8.12. The molecule has 7 heteroatoms. The number of hydrogen-bond donors (Lipinski definition) is 1. The molecule has 1 atom stereocenters. The maximum absolute atomic E-state index is 12.5. The zero-order valence-electron chi connectivity index (χ0n) is 17.6. The van der Waals surface area contributed by atoms with Gasteiger partial charge in [0.25, 0.3) is 0 Å². The van der Waals surface area contributed by atoms with Crippen molar-refractivity contribution in [1.29, 1.82) is 0 Å². The second kappa shape index (κ2) is 10.8. The number of allylic oxidation sites excluding steroid dienone is 2. The highest BCUT2D eigenvalue weighted by molar-refractivity contribution is 6.02. The molecule has 1 aromatic carbocycles. The maximum atomic E-state index is 12.5. The van der Waals surface area contributed by atoms with Crippen molar-refractivity contribution in [2.24, 2.45) is 0 Å². The summed E-state index contributed by atoms with van der Waals surface area (Å²) in [5, 5.41) is 4.17. The quantitative estimate of drug-likeness (QED) is 0.566. The van der Waals surface area contributed by atoms with Crippen molar-refractivity contribution in [2.75, 3.05) is 46.0 Å². The van der Waals surface area contributed by atoms with E-state index in [1.165, 1.54) is 0 Å². The Balaban J connectivity index is 1.90. The smallest absolute Gasteiger partial charge is 0.182 e. The van der Waals surface area contributed by atoms with Gasteiger partial charge >= 0.3 is 0 Å². The number of ketones is 1. The minimum absolute atomic E-state index is 0.0374. The van der Waals surface area contributed by atoms with Crippen molar-refractivity contribution in [3.05, 3.63) is 48.2 Å². The summed E-state index contributed by atoms with van der Waals surface area (Å²) < 4.78 is 21.8. The van der Waals surface area contributed by atoms with E-state index in [2.05, 4.69) is 10.3 Å². The van der Waals surface area contributed by atoms with Gasteiger partial charge < -0.3 is 24.3 Å². The molecule has 1 aromatic heterocycles. The van der Waals surface area contributed by atoms with Gasteiger partial charge in [0.05, 0.1) is 18.7 Å². The summed E-state index contributed by atoms with van der Waals surface area (Å²) in [7, 11) is 3.25. The van der Waals surface area contributed by atoms with Gasteiger partial charge in [0.15, 0.2) is 17.3 Å². The van der Waals surface area contributed by atoms with E-state index in [1.54, 1.807) is 26.5 Å². The number of anilines is 1. The molecule has 0 aliphatic heterocycles. The number of ether oxygens (including phenoxy) is 4. The summed E-state index contributed by atoms with van der Waals surface area (Å²) in [5.74, 6) is 1.21. The lowest BCUT2D eigenvalue weighted by Crippen LogP contribution is -2.28. The zero-order chi connectivity index (χ0) is 21.3. The number of methoxy groups -OCH3 is 2. The average molecular weight is 412 g/mol. The molecule has 7 nitrogen and oxygen atoms in total. The third kappa shape index (κ3) is 5.37. The lowest BCUT2D eigenvalue weighted by molar-refractivity contribution is -0.114. The van der Waals surface area contributed by atoms with E-state index in [0.29, 0.717) is 37.9 Å². The van der Waals surface area contributed by atoms with Gasteiger partial charge in [0, 0.05) is 37.6 Å². The number of carbonyl (C=O) groups excluding carboxylic acids is 1. The lowest BCUT2D eigenvalue weighted by atomic mass is 9.99. The number of rotatable bonds is 11. The normalized spacial score (nSPS) is 15.9. The molecule has 1 heterocycles. The number of fused-ring (bicyclic) bond motifs is 1. The van der Waals surface area contributed by atoms with Crippen molar-refractivity contribution in [3.63, 3.8) is 0 Å². The summed E-state index contributed by atoms with van der Waals surface area (Å²) in [4.78, 5) is 16.9. The van der Waals surface area contributed by atoms with Crippen molar-refractivity contribution in [3.8, 4) is 11.5 Å². The van der Waals surface area contributed by atoms with Gasteiger partial charge in [-0.25, -0.2) is 0 Å². The first-order chi connectivity index (χ1) is 14.7. The van der Waals surface area contributed by atoms with E-state index in [1.807, 2.05) is 37.3 Å². The van der Waals surface area contributed by atoms with Gasteiger partial charge in [-0.3, -0.25) is 9.78 Å². The van der Waals surface area contributed by atoms with Crippen LogP contribution in [0.3, 0.4) is 0 Å². The molecular formula is C23H28N2O5. The van der Waals surface area contributed by atoms with Crippen LogP contribution >= 0.6 is 0 Å². The summed E-state index contributed by atoms with van der Waals surface area (Å²) in [6, 6.07) is 5.16. The maximum Gasteiger partial charge on any atom is 0.182 e. The van der Waals surface area contributed by atoms with E-state index >= 15 is 0 Å². The third-order valence-corrected chi connectivity index (χ3v) is 4.75. The van der Waals surface area contributed by atoms with E-state index in [4.69, 9.17) is 18.9 Å². The minimum atomic E-state index is -0.415. The molecule has 2 aromatic rings. The highest BCUT2D eigenvalue weighted by atomic mass is 16.5. The Hall–Kier alpha value is -2.90. The van der Waals surface area contributed by atoms with Crippen LogP contribution in [0.2, 0.25) is 0 Å². The molecule has 0 amide bonds. The van der Waals surface area contributed by atoms with Crippen LogP contribution in [0.25, 0.3) is 10.9 Å². The molecule has 0 fully saturated rings. The predicted molar refractivity (Wildman–Crippen MR) is 116 cm³/mol. The van der Waals surface area contributed by atoms with Crippen LogP contribution in [-0.2, 0) is 14.3 Å².